The molecule has 2 aromatic rings. The van der Waals surface area contributed by atoms with Gasteiger partial charge in [-0.1, -0.05) is 60.7 Å². The molecule has 0 bridgehead atoms. The van der Waals surface area contributed by atoms with Crippen molar-refractivity contribution in [2.45, 2.75) is 0 Å². The first-order chi connectivity index (χ1) is 6.88. The molecule has 0 aliphatic carbocycles. The number of hydrogen-bond acceptors (Lipinski definition) is 1. The van der Waals surface area contributed by atoms with Crippen molar-refractivity contribution in [1.82, 2.24) is 0 Å². The standard InChI is InChI=1S/C13H10O.2BrH/c14-13(11-7-3-1-4-8-11)12-9-5-2-6-10-12;;/h1-10H;2*1H. The van der Waals surface area contributed by atoms with Crippen LogP contribution < -0.4 is 0 Å². The predicted molar refractivity (Wildman–Crippen MR) is 77.0 cm³/mol. The van der Waals surface area contributed by atoms with Crippen LogP contribution >= 0.6 is 34.0 Å². The SMILES string of the molecule is Br.Br.O=C(c1ccccc1)c1ccccc1. The van der Waals surface area contributed by atoms with Crippen molar-refractivity contribution in [3.63, 3.8) is 0 Å². The molecule has 84 valence electrons. The zero-order chi connectivity index (χ0) is 9.80. The van der Waals surface area contributed by atoms with Gasteiger partial charge in [-0.25, -0.2) is 0 Å². The molecular weight excluding hydrogens is 332 g/mol. The van der Waals surface area contributed by atoms with E-state index in [4.69, 9.17) is 0 Å². The molecule has 0 atom stereocenters. The lowest BCUT2D eigenvalue weighted by atomic mass is 10.0. The van der Waals surface area contributed by atoms with Gasteiger partial charge in [0.1, 0.15) is 0 Å². The monoisotopic (exact) mass is 342 g/mol. The summed E-state index contributed by atoms with van der Waals surface area (Å²) in [6, 6.07) is 18.6. The van der Waals surface area contributed by atoms with Crippen molar-refractivity contribution in [3.8, 4) is 0 Å². The Bertz CT molecular complexity index is 385. The zero-order valence-corrected chi connectivity index (χ0v) is 11.9. The number of carbonyl (C=O) groups is 1. The molecule has 0 saturated heterocycles. The highest BCUT2D eigenvalue weighted by atomic mass is 79.9. The summed E-state index contributed by atoms with van der Waals surface area (Å²) in [5.41, 5.74) is 1.47. The van der Waals surface area contributed by atoms with Crippen LogP contribution in [0.25, 0.3) is 0 Å². The van der Waals surface area contributed by atoms with E-state index in [1.807, 2.05) is 60.7 Å². The maximum absolute atomic E-state index is 11.8. The largest absolute Gasteiger partial charge is 0.289 e. The summed E-state index contributed by atoms with van der Waals surface area (Å²) in [7, 11) is 0. The smallest absolute Gasteiger partial charge is 0.193 e. The Morgan fingerprint density at radius 2 is 0.938 bits per heavy atom. The average molecular weight is 344 g/mol. The van der Waals surface area contributed by atoms with E-state index in [0.29, 0.717) is 0 Å². The quantitative estimate of drug-likeness (QED) is 0.751. The van der Waals surface area contributed by atoms with Crippen molar-refractivity contribution in [2.75, 3.05) is 0 Å². The van der Waals surface area contributed by atoms with E-state index < -0.39 is 0 Å². The second-order valence-corrected chi connectivity index (χ2v) is 3.06. The van der Waals surface area contributed by atoms with Crippen molar-refractivity contribution in [1.29, 1.82) is 0 Å². The molecule has 0 spiro atoms. The molecule has 2 rings (SSSR count). The summed E-state index contributed by atoms with van der Waals surface area (Å²) in [4.78, 5) is 11.8. The third kappa shape index (κ3) is 3.58. The fourth-order valence-corrected chi connectivity index (χ4v) is 1.35. The molecule has 0 saturated carbocycles. The van der Waals surface area contributed by atoms with Crippen LogP contribution in [0.5, 0.6) is 0 Å². The van der Waals surface area contributed by atoms with Crippen LogP contribution in [-0.4, -0.2) is 5.78 Å². The van der Waals surface area contributed by atoms with Gasteiger partial charge in [0.25, 0.3) is 0 Å². The minimum atomic E-state index is 0. The van der Waals surface area contributed by atoms with E-state index >= 15 is 0 Å². The van der Waals surface area contributed by atoms with E-state index in [9.17, 15) is 4.79 Å². The van der Waals surface area contributed by atoms with Crippen LogP contribution in [0.2, 0.25) is 0 Å². The lowest BCUT2D eigenvalue weighted by Crippen LogP contribution is -1.99. The first kappa shape index (κ1) is 15.1. The van der Waals surface area contributed by atoms with Gasteiger partial charge in [0.05, 0.1) is 0 Å². The summed E-state index contributed by atoms with van der Waals surface area (Å²) in [5.74, 6) is 0.0752. The van der Waals surface area contributed by atoms with Gasteiger partial charge < -0.3 is 0 Å². The Labute approximate surface area is 116 Å². The van der Waals surface area contributed by atoms with Crippen molar-refractivity contribution >= 4 is 39.7 Å². The van der Waals surface area contributed by atoms with Gasteiger partial charge in [-0.2, -0.15) is 0 Å². The van der Waals surface area contributed by atoms with Crippen LogP contribution in [0.1, 0.15) is 15.9 Å². The molecule has 0 fully saturated rings. The maximum Gasteiger partial charge on any atom is 0.193 e. The third-order valence-electron chi connectivity index (χ3n) is 2.07. The number of ketones is 1. The van der Waals surface area contributed by atoms with E-state index in [2.05, 4.69) is 0 Å². The van der Waals surface area contributed by atoms with Gasteiger partial charge in [0.15, 0.2) is 5.78 Å². The Hall–Kier alpha value is -0.930. The summed E-state index contributed by atoms with van der Waals surface area (Å²) >= 11 is 0. The molecule has 0 N–H and O–H groups in total. The summed E-state index contributed by atoms with van der Waals surface area (Å²) < 4.78 is 0. The van der Waals surface area contributed by atoms with Crippen molar-refractivity contribution in [2.24, 2.45) is 0 Å². The highest BCUT2D eigenvalue weighted by molar-refractivity contribution is 8.93. The Morgan fingerprint density at radius 1 is 0.625 bits per heavy atom. The van der Waals surface area contributed by atoms with E-state index in [1.54, 1.807) is 0 Å². The summed E-state index contributed by atoms with van der Waals surface area (Å²) in [5, 5.41) is 0. The number of halogens is 2. The molecule has 1 nitrogen and oxygen atoms in total. The molecule has 0 amide bonds. The van der Waals surface area contributed by atoms with E-state index in [1.165, 1.54) is 0 Å². The number of carbonyl (C=O) groups excluding carboxylic acids is 1. The Morgan fingerprint density at radius 3 is 1.25 bits per heavy atom. The molecule has 16 heavy (non-hydrogen) atoms. The Kier molecular flexibility index (Phi) is 6.93. The van der Waals surface area contributed by atoms with Crippen LogP contribution in [0.15, 0.2) is 60.7 Å². The lowest BCUT2D eigenvalue weighted by Gasteiger charge is -1.99. The fraction of sp³-hybridized carbons (Fsp3) is 0. The van der Waals surface area contributed by atoms with Crippen LogP contribution in [0.4, 0.5) is 0 Å². The minimum Gasteiger partial charge on any atom is -0.289 e. The van der Waals surface area contributed by atoms with Gasteiger partial charge in [-0.05, 0) is 0 Å². The topological polar surface area (TPSA) is 17.1 Å². The molecule has 0 heterocycles. The van der Waals surface area contributed by atoms with Crippen LogP contribution in [0.3, 0.4) is 0 Å². The highest BCUT2D eigenvalue weighted by Gasteiger charge is 2.06. The first-order valence-corrected chi connectivity index (χ1v) is 4.53. The van der Waals surface area contributed by atoms with Crippen LogP contribution in [0, 0.1) is 0 Å². The molecular formula is C13H12Br2O. The second-order valence-electron chi connectivity index (χ2n) is 3.06. The molecule has 0 aromatic heterocycles. The minimum absolute atomic E-state index is 0. The molecule has 0 radical (unpaired) electrons. The first-order valence-electron chi connectivity index (χ1n) is 4.53. The normalized spacial score (nSPS) is 8.50. The van der Waals surface area contributed by atoms with Gasteiger partial charge in [0.2, 0.25) is 0 Å². The van der Waals surface area contributed by atoms with E-state index in [0.717, 1.165) is 11.1 Å². The fourth-order valence-electron chi connectivity index (χ4n) is 1.35. The number of benzene rings is 2. The predicted octanol–water partition coefficient (Wildman–Crippen LogP) is 4.07. The summed E-state index contributed by atoms with van der Waals surface area (Å²) in [6.45, 7) is 0. The lowest BCUT2D eigenvalue weighted by molar-refractivity contribution is 0.103. The number of rotatable bonds is 2. The molecule has 3 heteroatoms. The average Bonchev–Trinajstić information content (AvgIpc) is 2.30. The van der Waals surface area contributed by atoms with Gasteiger partial charge >= 0.3 is 0 Å². The van der Waals surface area contributed by atoms with Crippen molar-refractivity contribution in [3.05, 3.63) is 71.8 Å². The van der Waals surface area contributed by atoms with Crippen LogP contribution in [-0.2, 0) is 0 Å². The zero-order valence-electron chi connectivity index (χ0n) is 8.50. The second kappa shape index (κ2) is 7.36. The maximum atomic E-state index is 11.8. The Balaban J connectivity index is 0.00000112. The molecule has 0 unspecified atom stereocenters. The highest BCUT2D eigenvalue weighted by Crippen LogP contribution is 2.08. The van der Waals surface area contributed by atoms with Gasteiger partial charge in [0, 0.05) is 11.1 Å². The molecule has 0 aliphatic rings. The van der Waals surface area contributed by atoms with E-state index in [-0.39, 0.29) is 39.7 Å². The van der Waals surface area contributed by atoms with Gasteiger partial charge in [-0.3, -0.25) is 4.79 Å². The summed E-state index contributed by atoms with van der Waals surface area (Å²) in [6.07, 6.45) is 0. The molecule has 2 aromatic carbocycles. The molecule has 0 aliphatic heterocycles. The third-order valence-corrected chi connectivity index (χ3v) is 2.07. The number of hydrogen-bond donors (Lipinski definition) is 0. The van der Waals surface area contributed by atoms with Crippen molar-refractivity contribution < 1.29 is 4.79 Å². The van der Waals surface area contributed by atoms with Gasteiger partial charge in [-0.15, -0.1) is 34.0 Å².